The van der Waals surface area contributed by atoms with E-state index in [9.17, 15) is 4.79 Å². The third-order valence-corrected chi connectivity index (χ3v) is 3.97. The van der Waals surface area contributed by atoms with E-state index in [1.54, 1.807) is 18.7 Å². The van der Waals surface area contributed by atoms with Gasteiger partial charge in [0.15, 0.2) is 0 Å². The molecule has 15 heavy (non-hydrogen) atoms. The average molecular weight is 289 g/mol. The molecule has 0 saturated heterocycles. The molecule has 0 heterocycles. The van der Waals surface area contributed by atoms with Crippen molar-refractivity contribution in [3.63, 3.8) is 0 Å². The summed E-state index contributed by atoms with van der Waals surface area (Å²) in [5.41, 5.74) is 1.18. The van der Waals surface area contributed by atoms with Crippen LogP contribution in [-0.4, -0.2) is 16.8 Å². The van der Waals surface area contributed by atoms with Crippen LogP contribution in [0.4, 0.5) is 0 Å². The van der Waals surface area contributed by atoms with Gasteiger partial charge in [0.25, 0.3) is 0 Å². The first-order valence-corrected chi connectivity index (χ1v) is 6.40. The van der Waals surface area contributed by atoms with Gasteiger partial charge in [0.1, 0.15) is 0 Å². The Morgan fingerprint density at radius 2 is 2.27 bits per heavy atom. The Labute approximate surface area is 102 Å². The zero-order valence-electron chi connectivity index (χ0n) is 8.66. The minimum Gasteiger partial charge on any atom is -0.481 e. The minimum atomic E-state index is -0.741. The highest BCUT2D eigenvalue weighted by Crippen LogP contribution is 2.27. The Bertz CT molecular complexity index is 366. The van der Waals surface area contributed by atoms with Crippen LogP contribution in [0.5, 0.6) is 0 Å². The molecule has 1 aromatic carbocycles. The van der Waals surface area contributed by atoms with E-state index in [1.807, 2.05) is 25.1 Å². The maximum atomic E-state index is 10.6. The smallest absolute Gasteiger partial charge is 0.307 e. The Morgan fingerprint density at radius 3 is 2.87 bits per heavy atom. The van der Waals surface area contributed by atoms with Crippen molar-refractivity contribution >= 4 is 33.7 Å². The average Bonchev–Trinajstić information content (AvgIpc) is 2.18. The summed E-state index contributed by atoms with van der Waals surface area (Å²) in [5.74, 6) is -0.448. The number of carboxylic acid groups (broad SMARTS) is 1. The van der Waals surface area contributed by atoms with Crippen LogP contribution in [0.2, 0.25) is 0 Å². The topological polar surface area (TPSA) is 37.3 Å². The van der Waals surface area contributed by atoms with Crippen LogP contribution in [0.3, 0.4) is 0 Å². The van der Waals surface area contributed by atoms with Crippen molar-refractivity contribution < 1.29 is 9.90 Å². The molecule has 1 rings (SSSR count). The summed E-state index contributed by atoms with van der Waals surface area (Å²) in [6, 6.07) is 6.03. The molecule has 1 unspecified atom stereocenters. The highest BCUT2D eigenvalue weighted by molar-refractivity contribution is 9.10. The molecular formula is C11H13BrO2S. The van der Waals surface area contributed by atoms with E-state index in [-0.39, 0.29) is 5.92 Å². The van der Waals surface area contributed by atoms with Crippen molar-refractivity contribution in [3.05, 3.63) is 28.2 Å². The maximum absolute atomic E-state index is 10.6. The summed E-state index contributed by atoms with van der Waals surface area (Å²) < 4.78 is 1.03. The summed E-state index contributed by atoms with van der Waals surface area (Å²) in [4.78, 5) is 11.8. The van der Waals surface area contributed by atoms with Gasteiger partial charge in [-0.15, -0.1) is 11.8 Å². The molecule has 0 bridgehead atoms. The Hall–Kier alpha value is -0.480. The van der Waals surface area contributed by atoms with E-state index in [4.69, 9.17) is 5.11 Å². The number of benzene rings is 1. The fourth-order valence-electron chi connectivity index (χ4n) is 1.02. The van der Waals surface area contributed by atoms with Gasteiger partial charge in [0.05, 0.1) is 5.92 Å². The largest absolute Gasteiger partial charge is 0.481 e. The van der Waals surface area contributed by atoms with E-state index in [0.717, 1.165) is 9.37 Å². The van der Waals surface area contributed by atoms with Crippen molar-refractivity contribution in [1.29, 1.82) is 0 Å². The molecule has 0 amide bonds. The second kappa shape index (κ2) is 5.56. The molecule has 1 atom stereocenters. The molecule has 1 N–H and O–H groups in total. The van der Waals surface area contributed by atoms with Crippen LogP contribution >= 0.6 is 27.7 Å². The normalized spacial score (nSPS) is 12.5. The Kier molecular flexibility index (Phi) is 4.67. The SMILES string of the molecule is Cc1ccc(Br)cc1SCC(C)C(=O)O. The van der Waals surface area contributed by atoms with E-state index in [0.29, 0.717) is 5.75 Å². The maximum Gasteiger partial charge on any atom is 0.307 e. The van der Waals surface area contributed by atoms with Crippen molar-refractivity contribution in [1.82, 2.24) is 0 Å². The second-order valence-electron chi connectivity index (χ2n) is 3.46. The molecule has 82 valence electrons. The molecule has 4 heteroatoms. The van der Waals surface area contributed by atoms with E-state index in [2.05, 4.69) is 15.9 Å². The predicted molar refractivity (Wildman–Crippen MR) is 66.4 cm³/mol. The molecule has 0 fully saturated rings. The van der Waals surface area contributed by atoms with E-state index >= 15 is 0 Å². The minimum absolute atomic E-state index is 0.312. The van der Waals surface area contributed by atoms with Gasteiger partial charge in [0.2, 0.25) is 0 Å². The number of aliphatic carboxylic acids is 1. The first kappa shape index (κ1) is 12.6. The standard InChI is InChI=1S/C11H13BrO2S/c1-7-3-4-9(12)5-10(7)15-6-8(2)11(13)14/h3-5,8H,6H2,1-2H3,(H,13,14). The molecule has 1 aromatic rings. The lowest BCUT2D eigenvalue weighted by molar-refractivity contribution is -0.140. The molecule has 0 aromatic heterocycles. The first-order chi connectivity index (χ1) is 7.00. The molecule has 2 nitrogen and oxygen atoms in total. The zero-order chi connectivity index (χ0) is 11.4. The fraction of sp³-hybridized carbons (Fsp3) is 0.364. The lowest BCUT2D eigenvalue weighted by atomic mass is 10.2. The van der Waals surface area contributed by atoms with Gasteiger partial charge >= 0.3 is 5.97 Å². The molecule has 0 radical (unpaired) electrons. The highest BCUT2D eigenvalue weighted by atomic mass is 79.9. The quantitative estimate of drug-likeness (QED) is 0.861. The third-order valence-electron chi connectivity index (χ3n) is 2.06. The van der Waals surface area contributed by atoms with Gasteiger partial charge in [-0.05, 0) is 24.6 Å². The van der Waals surface area contributed by atoms with Crippen LogP contribution in [-0.2, 0) is 4.79 Å². The number of thioether (sulfide) groups is 1. The molecule has 0 aliphatic carbocycles. The van der Waals surface area contributed by atoms with Crippen molar-refractivity contribution in [2.24, 2.45) is 5.92 Å². The van der Waals surface area contributed by atoms with Crippen molar-refractivity contribution in [2.45, 2.75) is 18.7 Å². The van der Waals surface area contributed by atoms with Crippen molar-refractivity contribution in [2.75, 3.05) is 5.75 Å². The van der Waals surface area contributed by atoms with Crippen LogP contribution in [0.1, 0.15) is 12.5 Å². The Balaban J connectivity index is 2.65. The Morgan fingerprint density at radius 1 is 1.60 bits per heavy atom. The molecule has 0 spiro atoms. The fourth-order valence-corrected chi connectivity index (χ4v) is 2.61. The number of carboxylic acids is 1. The third kappa shape index (κ3) is 3.87. The first-order valence-electron chi connectivity index (χ1n) is 4.62. The number of hydrogen-bond donors (Lipinski definition) is 1. The van der Waals surface area contributed by atoms with Gasteiger partial charge in [0, 0.05) is 15.1 Å². The summed E-state index contributed by atoms with van der Waals surface area (Å²) >= 11 is 4.99. The molecule has 0 aliphatic rings. The summed E-state index contributed by atoms with van der Waals surface area (Å²) in [5, 5.41) is 8.76. The van der Waals surface area contributed by atoms with Crippen LogP contribution < -0.4 is 0 Å². The lowest BCUT2D eigenvalue weighted by Gasteiger charge is -2.08. The number of carbonyl (C=O) groups is 1. The van der Waals surface area contributed by atoms with Crippen LogP contribution in [0.25, 0.3) is 0 Å². The second-order valence-corrected chi connectivity index (χ2v) is 5.44. The van der Waals surface area contributed by atoms with Crippen LogP contribution in [0.15, 0.2) is 27.6 Å². The van der Waals surface area contributed by atoms with Crippen LogP contribution in [0, 0.1) is 12.8 Å². The van der Waals surface area contributed by atoms with Gasteiger partial charge in [-0.25, -0.2) is 0 Å². The predicted octanol–water partition coefficient (Wildman–Crippen LogP) is 3.57. The number of rotatable bonds is 4. The van der Waals surface area contributed by atoms with Gasteiger partial charge < -0.3 is 5.11 Å². The van der Waals surface area contributed by atoms with Gasteiger partial charge in [-0.3, -0.25) is 4.79 Å². The summed E-state index contributed by atoms with van der Waals surface area (Å²) in [7, 11) is 0. The molecular weight excluding hydrogens is 276 g/mol. The summed E-state index contributed by atoms with van der Waals surface area (Å²) in [6.45, 7) is 3.75. The van der Waals surface area contributed by atoms with Gasteiger partial charge in [-0.1, -0.05) is 28.9 Å². The number of halogens is 1. The van der Waals surface area contributed by atoms with E-state index < -0.39 is 5.97 Å². The van der Waals surface area contributed by atoms with E-state index in [1.165, 1.54) is 5.56 Å². The highest BCUT2D eigenvalue weighted by Gasteiger charge is 2.11. The van der Waals surface area contributed by atoms with Crippen molar-refractivity contribution in [3.8, 4) is 0 Å². The zero-order valence-corrected chi connectivity index (χ0v) is 11.1. The molecule has 0 aliphatic heterocycles. The number of aryl methyl sites for hydroxylation is 1. The number of hydrogen-bond acceptors (Lipinski definition) is 2. The monoisotopic (exact) mass is 288 g/mol. The summed E-state index contributed by atoms with van der Waals surface area (Å²) in [6.07, 6.45) is 0. The van der Waals surface area contributed by atoms with Gasteiger partial charge in [-0.2, -0.15) is 0 Å². The lowest BCUT2D eigenvalue weighted by Crippen LogP contribution is -2.11. The molecule has 0 saturated carbocycles.